The van der Waals surface area contributed by atoms with Crippen molar-refractivity contribution in [1.29, 1.82) is 0 Å². The number of aliphatic hydroxyl groups is 4. The Morgan fingerprint density at radius 1 is 1.21 bits per heavy atom. The van der Waals surface area contributed by atoms with Gasteiger partial charge in [-0.05, 0) is 56.9 Å². The van der Waals surface area contributed by atoms with E-state index in [2.05, 4.69) is 13.5 Å². The zero-order valence-electron chi connectivity index (χ0n) is 17.9. The minimum atomic E-state index is -0.673. The van der Waals surface area contributed by atoms with Crippen molar-refractivity contribution in [1.82, 2.24) is 0 Å². The van der Waals surface area contributed by atoms with Crippen LogP contribution in [0.1, 0.15) is 84.0 Å². The Bertz CT molecular complexity index is 500. The summed E-state index contributed by atoms with van der Waals surface area (Å²) in [6, 6.07) is 0. The van der Waals surface area contributed by atoms with Crippen LogP contribution in [0.5, 0.6) is 0 Å². The molecule has 0 aromatic rings. The first kappa shape index (κ1) is 27.3. The molecule has 1 saturated carbocycles. The van der Waals surface area contributed by atoms with Crippen LogP contribution in [0.3, 0.4) is 0 Å². The smallest absolute Gasteiger partial charge is 0.221 e. The van der Waals surface area contributed by atoms with Crippen molar-refractivity contribution in [2.45, 2.75) is 90.1 Å². The van der Waals surface area contributed by atoms with Gasteiger partial charge in [0.15, 0.2) is 5.76 Å². The molecule has 1 aliphatic carbocycles. The Morgan fingerprint density at radius 3 is 2.48 bits per heavy atom. The normalized spacial score (nSPS) is 20.1. The summed E-state index contributed by atoms with van der Waals surface area (Å²) in [5.41, 5.74) is 0. The second-order valence-electron chi connectivity index (χ2n) is 7.74. The van der Waals surface area contributed by atoms with E-state index in [4.69, 9.17) is 10.2 Å². The molecule has 0 saturated heterocycles. The number of hydrogen-bond acceptors (Lipinski definition) is 6. The van der Waals surface area contributed by atoms with Crippen LogP contribution in [-0.4, -0.2) is 44.7 Å². The molecule has 0 spiro atoms. The van der Waals surface area contributed by atoms with Gasteiger partial charge < -0.3 is 20.4 Å². The fourth-order valence-corrected chi connectivity index (χ4v) is 3.86. The van der Waals surface area contributed by atoms with E-state index in [1.807, 2.05) is 0 Å². The third-order valence-corrected chi connectivity index (χ3v) is 5.48. The molecule has 0 aromatic carbocycles. The summed E-state index contributed by atoms with van der Waals surface area (Å²) < 4.78 is 0. The summed E-state index contributed by atoms with van der Waals surface area (Å²) in [6.45, 7) is 4.37. The standard InChI is InChI=1S/C21H36O5.C2H4O/c1-2-3-9-17(23)10-7-8-16-13-14-19(24)18(16)11-5-4-6-12-20(25)21(26)15-22;1-2-3/h12,16-18,22-23,25H,2-11,13-15H2,1H3;2-3H,1H2/t16-,17+,18+;/m0./s1. The van der Waals surface area contributed by atoms with Gasteiger partial charge in [0.1, 0.15) is 12.4 Å². The topological polar surface area (TPSA) is 115 Å². The number of carbonyl (C=O) groups is 2. The maximum Gasteiger partial charge on any atom is 0.221 e. The predicted octanol–water partition coefficient (Wildman–Crippen LogP) is 4.55. The molecule has 1 fully saturated rings. The van der Waals surface area contributed by atoms with Crippen LogP contribution in [0.25, 0.3) is 0 Å². The van der Waals surface area contributed by atoms with Crippen LogP contribution < -0.4 is 0 Å². The van der Waals surface area contributed by atoms with Crippen LogP contribution in [0.2, 0.25) is 0 Å². The lowest BCUT2D eigenvalue weighted by molar-refractivity contribution is -0.121. The summed E-state index contributed by atoms with van der Waals surface area (Å²) in [7, 11) is 0. The van der Waals surface area contributed by atoms with E-state index in [1.54, 1.807) is 0 Å². The van der Waals surface area contributed by atoms with Gasteiger partial charge in [0.25, 0.3) is 0 Å². The van der Waals surface area contributed by atoms with Gasteiger partial charge in [-0.2, -0.15) is 0 Å². The number of rotatable bonds is 14. The number of carbonyl (C=O) groups excluding carboxylic acids is 2. The molecule has 29 heavy (non-hydrogen) atoms. The van der Waals surface area contributed by atoms with E-state index in [0.717, 1.165) is 70.5 Å². The molecule has 1 aliphatic rings. The molecule has 168 valence electrons. The number of allylic oxidation sites excluding steroid dienone is 1. The number of ketones is 2. The first-order valence-corrected chi connectivity index (χ1v) is 10.9. The Kier molecular flexibility index (Phi) is 16.2. The molecule has 6 heteroatoms. The van der Waals surface area contributed by atoms with Crippen molar-refractivity contribution in [3.8, 4) is 0 Å². The Labute approximate surface area is 175 Å². The number of unbranched alkanes of at least 4 members (excludes halogenated alkanes) is 3. The van der Waals surface area contributed by atoms with Gasteiger partial charge in [0, 0.05) is 12.3 Å². The molecule has 3 atom stereocenters. The van der Waals surface area contributed by atoms with E-state index < -0.39 is 12.4 Å². The molecule has 0 aliphatic heterocycles. The molecule has 1 rings (SSSR count). The van der Waals surface area contributed by atoms with Crippen molar-refractivity contribution in [2.75, 3.05) is 6.61 Å². The van der Waals surface area contributed by atoms with Gasteiger partial charge in [0.05, 0.1) is 12.4 Å². The summed E-state index contributed by atoms with van der Waals surface area (Å²) in [6.07, 6.45) is 12.7. The zero-order chi connectivity index (χ0) is 22.1. The van der Waals surface area contributed by atoms with Crippen molar-refractivity contribution in [3.63, 3.8) is 0 Å². The first-order valence-electron chi connectivity index (χ1n) is 10.9. The van der Waals surface area contributed by atoms with Gasteiger partial charge in [-0.1, -0.05) is 39.2 Å². The van der Waals surface area contributed by atoms with Gasteiger partial charge in [-0.15, -0.1) is 0 Å². The maximum atomic E-state index is 12.1. The predicted molar refractivity (Wildman–Crippen MR) is 115 cm³/mol. The lowest BCUT2D eigenvalue weighted by atomic mass is 9.86. The second kappa shape index (κ2) is 17.2. The van der Waals surface area contributed by atoms with E-state index in [1.165, 1.54) is 6.08 Å². The molecule has 0 unspecified atom stereocenters. The third kappa shape index (κ3) is 12.5. The minimum Gasteiger partial charge on any atom is -0.516 e. The summed E-state index contributed by atoms with van der Waals surface area (Å²) >= 11 is 0. The van der Waals surface area contributed by atoms with Crippen LogP contribution in [0.4, 0.5) is 0 Å². The molecule has 6 nitrogen and oxygen atoms in total. The molecule has 0 radical (unpaired) electrons. The minimum absolute atomic E-state index is 0.138. The van der Waals surface area contributed by atoms with Crippen molar-refractivity contribution in [3.05, 3.63) is 24.7 Å². The highest BCUT2D eigenvalue weighted by atomic mass is 16.3. The number of Topliss-reactive ketones (excluding diaryl/α,β-unsaturated/α-hetero) is 2. The second-order valence-corrected chi connectivity index (χ2v) is 7.74. The zero-order valence-corrected chi connectivity index (χ0v) is 17.9. The first-order chi connectivity index (χ1) is 13.9. The Morgan fingerprint density at radius 2 is 1.86 bits per heavy atom. The molecule has 4 N–H and O–H groups in total. The highest BCUT2D eigenvalue weighted by Crippen LogP contribution is 2.36. The van der Waals surface area contributed by atoms with E-state index >= 15 is 0 Å². The average molecular weight is 413 g/mol. The van der Waals surface area contributed by atoms with Crippen molar-refractivity contribution < 1.29 is 30.0 Å². The summed E-state index contributed by atoms with van der Waals surface area (Å²) in [5, 5.41) is 35.3. The Hall–Kier alpha value is -1.66. The highest BCUT2D eigenvalue weighted by molar-refractivity contribution is 5.93. The van der Waals surface area contributed by atoms with E-state index in [0.29, 0.717) is 24.5 Å². The largest absolute Gasteiger partial charge is 0.516 e. The van der Waals surface area contributed by atoms with E-state index in [9.17, 15) is 19.8 Å². The third-order valence-electron chi connectivity index (χ3n) is 5.48. The monoisotopic (exact) mass is 412 g/mol. The number of hydrogen-bond donors (Lipinski definition) is 4. The fraction of sp³-hybridized carbons (Fsp3) is 0.739. The fourth-order valence-electron chi connectivity index (χ4n) is 3.86. The molecule has 0 amide bonds. The summed E-state index contributed by atoms with van der Waals surface area (Å²) in [5.74, 6) is -0.0725. The van der Waals surface area contributed by atoms with Gasteiger partial charge in [-0.3, -0.25) is 9.59 Å². The maximum absolute atomic E-state index is 12.1. The van der Waals surface area contributed by atoms with Gasteiger partial charge in [0.2, 0.25) is 5.78 Å². The lowest BCUT2D eigenvalue weighted by Gasteiger charge is -2.19. The van der Waals surface area contributed by atoms with Crippen LogP contribution in [-0.2, 0) is 9.59 Å². The molecule has 0 aromatic heterocycles. The number of aliphatic hydroxyl groups excluding tert-OH is 4. The van der Waals surface area contributed by atoms with Crippen LogP contribution in [0, 0.1) is 11.8 Å². The van der Waals surface area contributed by atoms with Crippen LogP contribution >= 0.6 is 0 Å². The Balaban J connectivity index is 0.00000245. The van der Waals surface area contributed by atoms with Gasteiger partial charge in [-0.25, -0.2) is 0 Å². The molecule has 0 heterocycles. The molecular formula is C23H40O6. The SMILES string of the molecule is C=CO.CCCC[C@@H](O)CCC[C@H]1CCC(=O)[C@@H]1CCCCC=C(O)C(=O)CO. The van der Waals surface area contributed by atoms with Crippen LogP contribution in [0.15, 0.2) is 24.7 Å². The van der Waals surface area contributed by atoms with Crippen molar-refractivity contribution in [2.24, 2.45) is 11.8 Å². The quantitative estimate of drug-likeness (QED) is 0.189. The van der Waals surface area contributed by atoms with E-state index in [-0.39, 0.29) is 17.8 Å². The lowest BCUT2D eigenvalue weighted by Crippen LogP contribution is -2.16. The molecular weight excluding hydrogens is 372 g/mol. The van der Waals surface area contributed by atoms with Crippen molar-refractivity contribution >= 4 is 11.6 Å². The average Bonchev–Trinajstić information content (AvgIpc) is 3.05. The van der Waals surface area contributed by atoms with Gasteiger partial charge >= 0.3 is 0 Å². The highest BCUT2D eigenvalue weighted by Gasteiger charge is 2.33. The summed E-state index contributed by atoms with van der Waals surface area (Å²) in [4.78, 5) is 23.2. The molecule has 0 bridgehead atoms.